The first-order valence-corrected chi connectivity index (χ1v) is 3.57. The van der Waals surface area contributed by atoms with Crippen LogP contribution in [-0.4, -0.2) is 17.4 Å². The minimum Gasteiger partial charge on any atom is -0.619 e. The quantitative estimate of drug-likeness (QED) is 0.373. The summed E-state index contributed by atoms with van der Waals surface area (Å²) in [5, 5.41) is 26.5. The molecule has 0 spiro atoms. The third-order valence-corrected chi connectivity index (χ3v) is 1.44. The van der Waals surface area contributed by atoms with Crippen LogP contribution >= 0.6 is 0 Å². The van der Waals surface area contributed by atoms with E-state index in [1.165, 1.54) is 12.4 Å². The van der Waals surface area contributed by atoms with Crippen molar-refractivity contribution in [2.75, 3.05) is 6.61 Å². The molecule has 0 bridgehead atoms. The van der Waals surface area contributed by atoms with Gasteiger partial charge in [0.2, 0.25) is 0 Å². The number of rotatable bonds is 3. The van der Waals surface area contributed by atoms with Crippen molar-refractivity contribution in [2.45, 2.75) is 6.42 Å². The summed E-state index contributed by atoms with van der Waals surface area (Å²) in [7, 11) is 0. The van der Waals surface area contributed by atoms with Crippen molar-refractivity contribution in [3.8, 4) is 0 Å². The fourth-order valence-corrected chi connectivity index (χ4v) is 0.908. The predicted octanol–water partition coefficient (Wildman–Crippen LogP) is -0.125. The second-order valence-electron chi connectivity index (χ2n) is 2.51. The van der Waals surface area contributed by atoms with Gasteiger partial charge in [0.1, 0.15) is 0 Å². The molecule has 0 fully saturated rings. The zero-order valence-corrected chi connectivity index (χ0v) is 6.53. The van der Waals surface area contributed by atoms with Crippen LogP contribution in [0.15, 0.2) is 24.5 Å². The maximum absolute atomic E-state index is 10.7. The molecule has 0 saturated carbocycles. The molecule has 0 saturated heterocycles. The number of pyridine rings is 1. The molecule has 2 N–H and O–H groups in total. The van der Waals surface area contributed by atoms with E-state index < -0.39 is 0 Å². The van der Waals surface area contributed by atoms with E-state index in [1.807, 2.05) is 0 Å². The van der Waals surface area contributed by atoms with Crippen LogP contribution in [-0.2, 0) is 6.42 Å². The SMILES string of the molecule is N=C(CO)Cc1ccc[n+]([O-])c1. The summed E-state index contributed by atoms with van der Waals surface area (Å²) in [6.07, 6.45) is 3.11. The van der Waals surface area contributed by atoms with Gasteiger partial charge in [0.15, 0.2) is 12.4 Å². The normalized spacial score (nSPS) is 9.75. The van der Waals surface area contributed by atoms with Gasteiger partial charge in [0, 0.05) is 23.8 Å². The number of aliphatic hydroxyl groups is 1. The van der Waals surface area contributed by atoms with Gasteiger partial charge in [0.25, 0.3) is 0 Å². The minimum absolute atomic E-state index is 0.209. The highest BCUT2D eigenvalue weighted by Gasteiger charge is 2.00. The molecule has 1 aromatic rings. The van der Waals surface area contributed by atoms with Crippen molar-refractivity contribution in [1.29, 1.82) is 5.41 Å². The van der Waals surface area contributed by atoms with Gasteiger partial charge < -0.3 is 15.7 Å². The summed E-state index contributed by atoms with van der Waals surface area (Å²) in [5.74, 6) is 0. The van der Waals surface area contributed by atoms with Crippen LogP contribution in [0, 0.1) is 10.6 Å². The summed E-state index contributed by atoms with van der Waals surface area (Å²) in [6.45, 7) is -0.256. The molecule has 64 valence electrons. The van der Waals surface area contributed by atoms with E-state index in [0.29, 0.717) is 11.2 Å². The van der Waals surface area contributed by atoms with Crippen molar-refractivity contribution in [3.05, 3.63) is 35.3 Å². The molecule has 0 atom stereocenters. The Balaban J connectivity index is 2.69. The average Bonchev–Trinajstić information content (AvgIpc) is 2.04. The molecule has 0 radical (unpaired) electrons. The zero-order valence-electron chi connectivity index (χ0n) is 6.53. The highest BCUT2D eigenvalue weighted by atomic mass is 16.5. The molecule has 1 rings (SSSR count). The second kappa shape index (κ2) is 3.82. The Morgan fingerprint density at radius 1 is 1.67 bits per heavy atom. The van der Waals surface area contributed by atoms with Crippen LogP contribution in [0.25, 0.3) is 0 Å². The van der Waals surface area contributed by atoms with Crippen LogP contribution in [0.2, 0.25) is 0 Å². The monoisotopic (exact) mass is 166 g/mol. The van der Waals surface area contributed by atoms with Crippen molar-refractivity contribution in [3.63, 3.8) is 0 Å². The van der Waals surface area contributed by atoms with Gasteiger partial charge in [-0.05, 0) is 6.07 Å². The molecule has 1 aromatic heterocycles. The van der Waals surface area contributed by atoms with E-state index in [1.54, 1.807) is 12.1 Å². The number of hydrogen-bond donors (Lipinski definition) is 2. The first kappa shape index (κ1) is 8.67. The lowest BCUT2D eigenvalue weighted by atomic mass is 10.1. The number of aliphatic hydroxyl groups excluding tert-OH is 1. The minimum atomic E-state index is -0.256. The predicted molar refractivity (Wildman–Crippen MR) is 43.9 cm³/mol. The van der Waals surface area contributed by atoms with E-state index in [2.05, 4.69) is 0 Å². The lowest BCUT2D eigenvalue weighted by Gasteiger charge is -2.00. The molecule has 0 aliphatic heterocycles. The van der Waals surface area contributed by atoms with Crippen molar-refractivity contribution < 1.29 is 9.84 Å². The second-order valence-corrected chi connectivity index (χ2v) is 2.51. The lowest BCUT2D eigenvalue weighted by molar-refractivity contribution is -0.605. The number of nitrogens with zero attached hydrogens (tertiary/aromatic N) is 1. The molecular weight excluding hydrogens is 156 g/mol. The first-order chi connectivity index (χ1) is 5.72. The standard InChI is InChI=1S/C8H10N2O2/c9-8(6-11)4-7-2-1-3-10(12)5-7/h1-3,5,9,11H,4,6H2. The third-order valence-electron chi connectivity index (χ3n) is 1.44. The summed E-state index contributed by atoms with van der Waals surface area (Å²) < 4.78 is 0.681. The number of aromatic nitrogens is 1. The van der Waals surface area contributed by atoms with Gasteiger partial charge in [-0.2, -0.15) is 4.73 Å². The molecule has 1 heterocycles. The Hall–Kier alpha value is -1.42. The summed E-state index contributed by atoms with van der Waals surface area (Å²) >= 11 is 0. The molecule has 0 unspecified atom stereocenters. The Labute approximate surface area is 70.2 Å². The van der Waals surface area contributed by atoms with E-state index in [-0.39, 0.29) is 12.3 Å². The number of hydrogen-bond acceptors (Lipinski definition) is 3. The van der Waals surface area contributed by atoms with Crippen LogP contribution in [0.3, 0.4) is 0 Å². The summed E-state index contributed by atoms with van der Waals surface area (Å²) in [5.41, 5.74) is 0.952. The topological polar surface area (TPSA) is 71.0 Å². The van der Waals surface area contributed by atoms with Gasteiger partial charge in [-0.15, -0.1) is 0 Å². The summed E-state index contributed by atoms with van der Waals surface area (Å²) in [4.78, 5) is 0. The fraction of sp³-hybridized carbons (Fsp3) is 0.250. The van der Waals surface area contributed by atoms with Crippen LogP contribution < -0.4 is 4.73 Å². The molecule has 0 aromatic carbocycles. The van der Waals surface area contributed by atoms with E-state index in [0.717, 1.165) is 5.56 Å². The Morgan fingerprint density at radius 3 is 3.00 bits per heavy atom. The lowest BCUT2D eigenvalue weighted by Crippen LogP contribution is -2.25. The molecule has 4 nitrogen and oxygen atoms in total. The maximum atomic E-state index is 10.7. The molecular formula is C8H10N2O2. The van der Waals surface area contributed by atoms with Gasteiger partial charge in [0.05, 0.1) is 6.61 Å². The van der Waals surface area contributed by atoms with Crippen LogP contribution in [0.5, 0.6) is 0 Å². The third kappa shape index (κ3) is 2.32. The van der Waals surface area contributed by atoms with Crippen molar-refractivity contribution >= 4 is 5.71 Å². The maximum Gasteiger partial charge on any atom is 0.183 e. The Bertz CT molecular complexity index is 286. The smallest absolute Gasteiger partial charge is 0.183 e. The van der Waals surface area contributed by atoms with Crippen LogP contribution in [0.4, 0.5) is 0 Å². The highest BCUT2D eigenvalue weighted by molar-refractivity contribution is 5.84. The highest BCUT2D eigenvalue weighted by Crippen LogP contribution is 1.96. The molecule has 0 aliphatic rings. The number of nitrogens with one attached hydrogen (secondary N) is 1. The first-order valence-electron chi connectivity index (χ1n) is 3.57. The molecule has 12 heavy (non-hydrogen) atoms. The Kier molecular flexibility index (Phi) is 2.76. The molecule has 4 heteroatoms. The Morgan fingerprint density at radius 2 is 2.42 bits per heavy atom. The van der Waals surface area contributed by atoms with Gasteiger partial charge in [-0.1, -0.05) is 0 Å². The van der Waals surface area contributed by atoms with Crippen LogP contribution in [0.1, 0.15) is 5.56 Å². The van der Waals surface area contributed by atoms with E-state index in [9.17, 15) is 5.21 Å². The van der Waals surface area contributed by atoms with Gasteiger partial charge in [-0.25, -0.2) is 0 Å². The van der Waals surface area contributed by atoms with E-state index >= 15 is 0 Å². The van der Waals surface area contributed by atoms with Crippen molar-refractivity contribution in [1.82, 2.24) is 0 Å². The zero-order chi connectivity index (χ0) is 8.97. The molecule has 0 aliphatic carbocycles. The van der Waals surface area contributed by atoms with Gasteiger partial charge in [-0.3, -0.25) is 0 Å². The van der Waals surface area contributed by atoms with Gasteiger partial charge >= 0.3 is 0 Å². The van der Waals surface area contributed by atoms with Crippen molar-refractivity contribution in [2.24, 2.45) is 0 Å². The largest absolute Gasteiger partial charge is 0.619 e. The molecule has 0 amide bonds. The van der Waals surface area contributed by atoms with E-state index in [4.69, 9.17) is 10.5 Å². The average molecular weight is 166 g/mol. The fourth-order valence-electron chi connectivity index (χ4n) is 0.908. The summed E-state index contributed by atoms with van der Waals surface area (Å²) in [6, 6.07) is 3.37.